The maximum atomic E-state index is 7.06. The van der Waals surface area contributed by atoms with Crippen LogP contribution in [0.15, 0.2) is 23.3 Å². The summed E-state index contributed by atoms with van der Waals surface area (Å²) in [5.74, 6) is 0. The number of rotatable bonds is 3. The van der Waals surface area contributed by atoms with Gasteiger partial charge in [-0.05, 0) is 25.8 Å². The molecule has 0 fully saturated rings. The largest absolute Gasteiger partial charge is 0.308 e. The van der Waals surface area contributed by atoms with Crippen LogP contribution in [-0.2, 0) is 0 Å². The molecule has 1 nitrogen and oxygen atoms in total. The highest BCUT2D eigenvalue weighted by atomic mass is 14.3. The molecule has 0 aliphatic rings. The molecule has 0 saturated carbocycles. The van der Waals surface area contributed by atoms with Gasteiger partial charge < -0.3 is 5.41 Å². The molecule has 0 atom stereocenters. The molecule has 0 aromatic heterocycles. The number of hydrogen-bond acceptors (Lipinski definition) is 1. The molecular formula is C9H15N. The fourth-order valence-corrected chi connectivity index (χ4v) is 0.697. The van der Waals surface area contributed by atoms with Crippen molar-refractivity contribution in [1.29, 1.82) is 5.41 Å². The molecule has 0 aliphatic heterocycles. The van der Waals surface area contributed by atoms with Crippen molar-refractivity contribution in [3.63, 3.8) is 0 Å². The molecule has 0 amide bonds. The minimum Gasteiger partial charge on any atom is -0.308 e. The highest BCUT2D eigenvalue weighted by Gasteiger charge is 1.90. The maximum Gasteiger partial charge on any atom is 0.0249 e. The first-order chi connectivity index (χ1) is 4.76. The summed E-state index contributed by atoms with van der Waals surface area (Å²) >= 11 is 0. The smallest absolute Gasteiger partial charge is 0.0249 e. The fourth-order valence-electron chi connectivity index (χ4n) is 0.697. The zero-order valence-electron chi connectivity index (χ0n) is 6.94. The van der Waals surface area contributed by atoms with E-state index in [9.17, 15) is 0 Å². The average Bonchev–Trinajstić information content (AvgIpc) is 1.99. The second kappa shape index (κ2) is 4.98. The van der Waals surface area contributed by atoms with Gasteiger partial charge in [0.2, 0.25) is 0 Å². The second-order valence-corrected chi connectivity index (χ2v) is 2.23. The van der Waals surface area contributed by atoms with E-state index in [1.54, 1.807) is 0 Å². The Kier molecular flexibility index (Phi) is 4.55. The number of nitrogens with one attached hydrogen (secondary N) is 1. The summed E-state index contributed by atoms with van der Waals surface area (Å²) in [6, 6.07) is 0. The van der Waals surface area contributed by atoms with E-state index in [0.717, 1.165) is 12.0 Å². The third kappa shape index (κ3) is 2.62. The van der Waals surface area contributed by atoms with Crippen LogP contribution >= 0.6 is 0 Å². The van der Waals surface area contributed by atoms with Crippen molar-refractivity contribution in [2.75, 3.05) is 0 Å². The maximum absolute atomic E-state index is 7.06. The summed E-state index contributed by atoms with van der Waals surface area (Å²) in [6.07, 6.45) is 6.35. The number of hydrogen-bond donors (Lipinski definition) is 1. The van der Waals surface area contributed by atoms with Crippen molar-refractivity contribution >= 4 is 6.21 Å². The van der Waals surface area contributed by atoms with Crippen molar-refractivity contribution in [3.05, 3.63) is 23.3 Å². The summed E-state index contributed by atoms with van der Waals surface area (Å²) in [5, 5.41) is 7.06. The van der Waals surface area contributed by atoms with E-state index in [1.807, 2.05) is 19.1 Å². The third-order valence-corrected chi connectivity index (χ3v) is 1.52. The van der Waals surface area contributed by atoms with Gasteiger partial charge in [-0.25, -0.2) is 0 Å². The van der Waals surface area contributed by atoms with Crippen molar-refractivity contribution < 1.29 is 0 Å². The van der Waals surface area contributed by atoms with E-state index in [4.69, 9.17) is 5.41 Å². The van der Waals surface area contributed by atoms with Gasteiger partial charge in [-0.2, -0.15) is 0 Å². The Morgan fingerprint density at radius 1 is 1.50 bits per heavy atom. The van der Waals surface area contributed by atoms with Crippen LogP contribution in [0.4, 0.5) is 0 Å². The van der Waals surface area contributed by atoms with Crippen molar-refractivity contribution in [3.8, 4) is 0 Å². The summed E-state index contributed by atoms with van der Waals surface area (Å²) in [6.45, 7) is 6.12. The third-order valence-electron chi connectivity index (χ3n) is 1.52. The van der Waals surface area contributed by atoms with Crippen molar-refractivity contribution in [2.24, 2.45) is 0 Å². The molecule has 0 rings (SSSR count). The van der Waals surface area contributed by atoms with E-state index in [2.05, 4.69) is 13.8 Å². The minimum absolute atomic E-state index is 1.02. The molecule has 0 aromatic rings. The Hall–Kier alpha value is -0.850. The van der Waals surface area contributed by atoms with Gasteiger partial charge in [0.15, 0.2) is 0 Å². The monoisotopic (exact) mass is 137 g/mol. The lowest BCUT2D eigenvalue weighted by Gasteiger charge is -1.97. The van der Waals surface area contributed by atoms with Crippen LogP contribution in [0.1, 0.15) is 27.2 Å². The molecule has 10 heavy (non-hydrogen) atoms. The Bertz CT molecular complexity index is 164. The summed E-state index contributed by atoms with van der Waals surface area (Å²) in [4.78, 5) is 0. The summed E-state index contributed by atoms with van der Waals surface area (Å²) in [7, 11) is 0. The topological polar surface area (TPSA) is 23.9 Å². The van der Waals surface area contributed by atoms with Gasteiger partial charge in [-0.3, -0.25) is 0 Å². The van der Waals surface area contributed by atoms with Gasteiger partial charge in [0.05, 0.1) is 0 Å². The first kappa shape index (κ1) is 9.15. The fraction of sp³-hybridized carbons (Fsp3) is 0.444. The SMILES string of the molecule is C/C=C\C(C=N)=C(C)CC. The van der Waals surface area contributed by atoms with Gasteiger partial charge in [-0.1, -0.05) is 24.6 Å². The lowest BCUT2D eigenvalue weighted by atomic mass is 10.1. The Morgan fingerprint density at radius 3 is 2.40 bits per heavy atom. The highest BCUT2D eigenvalue weighted by Crippen LogP contribution is 2.06. The molecule has 0 radical (unpaired) electrons. The Labute approximate surface area is 63.0 Å². The molecule has 0 spiro atoms. The standard InChI is InChI=1S/C9H15N/c1-4-6-9(7-10)8(3)5-2/h4,6-7,10H,5H2,1-3H3/b6-4-,9-8?,10-7?. The number of allylic oxidation sites excluding steroid dienone is 4. The molecule has 0 saturated heterocycles. The van der Waals surface area contributed by atoms with Gasteiger partial charge in [0.25, 0.3) is 0 Å². The molecule has 0 bridgehead atoms. The molecule has 0 heterocycles. The molecule has 1 N–H and O–H groups in total. The summed E-state index contributed by atoms with van der Waals surface area (Å²) in [5.41, 5.74) is 2.30. The lowest BCUT2D eigenvalue weighted by molar-refractivity contribution is 1.09. The van der Waals surface area contributed by atoms with Crippen molar-refractivity contribution in [2.45, 2.75) is 27.2 Å². The Morgan fingerprint density at radius 2 is 2.10 bits per heavy atom. The highest BCUT2D eigenvalue weighted by molar-refractivity contribution is 5.80. The van der Waals surface area contributed by atoms with Gasteiger partial charge in [-0.15, -0.1) is 0 Å². The average molecular weight is 137 g/mol. The summed E-state index contributed by atoms with van der Waals surface area (Å²) < 4.78 is 0. The quantitative estimate of drug-likeness (QED) is 0.457. The normalized spacial score (nSPS) is 13.5. The Balaban J connectivity index is 4.44. The van der Waals surface area contributed by atoms with Crippen LogP contribution in [0, 0.1) is 5.41 Å². The zero-order valence-corrected chi connectivity index (χ0v) is 6.94. The van der Waals surface area contributed by atoms with Crippen LogP contribution in [0.25, 0.3) is 0 Å². The lowest BCUT2D eigenvalue weighted by Crippen LogP contribution is -1.84. The molecule has 56 valence electrons. The predicted octanol–water partition coefficient (Wildman–Crippen LogP) is 2.94. The van der Waals surface area contributed by atoms with E-state index in [0.29, 0.717) is 0 Å². The van der Waals surface area contributed by atoms with E-state index < -0.39 is 0 Å². The van der Waals surface area contributed by atoms with Crippen LogP contribution in [-0.4, -0.2) is 6.21 Å². The predicted molar refractivity (Wildman–Crippen MR) is 46.6 cm³/mol. The molecule has 0 aromatic carbocycles. The molecular weight excluding hydrogens is 122 g/mol. The second-order valence-electron chi connectivity index (χ2n) is 2.23. The van der Waals surface area contributed by atoms with E-state index in [1.165, 1.54) is 11.8 Å². The van der Waals surface area contributed by atoms with Gasteiger partial charge >= 0.3 is 0 Å². The molecule has 1 heteroatoms. The zero-order chi connectivity index (χ0) is 7.98. The molecule has 0 aliphatic carbocycles. The minimum atomic E-state index is 1.02. The first-order valence-electron chi connectivity index (χ1n) is 3.59. The van der Waals surface area contributed by atoms with Gasteiger partial charge in [0, 0.05) is 6.21 Å². The van der Waals surface area contributed by atoms with Gasteiger partial charge in [0.1, 0.15) is 0 Å². The van der Waals surface area contributed by atoms with E-state index >= 15 is 0 Å². The van der Waals surface area contributed by atoms with Crippen LogP contribution in [0.5, 0.6) is 0 Å². The van der Waals surface area contributed by atoms with Crippen molar-refractivity contribution in [1.82, 2.24) is 0 Å². The van der Waals surface area contributed by atoms with Crippen LogP contribution in [0.3, 0.4) is 0 Å². The van der Waals surface area contributed by atoms with Crippen LogP contribution < -0.4 is 0 Å². The van der Waals surface area contributed by atoms with Crippen LogP contribution in [0.2, 0.25) is 0 Å². The first-order valence-corrected chi connectivity index (χ1v) is 3.59. The molecule has 0 unspecified atom stereocenters. The van der Waals surface area contributed by atoms with E-state index in [-0.39, 0.29) is 0 Å².